The van der Waals surface area contributed by atoms with E-state index in [9.17, 15) is 14.5 Å². The molecule has 0 aliphatic heterocycles. The molecule has 1 saturated carbocycles. The second kappa shape index (κ2) is 3.21. The minimum atomic E-state index is -0.875. The topological polar surface area (TPSA) is 65.3 Å². The molecule has 5 nitrogen and oxygen atoms in total. The fourth-order valence-corrected chi connectivity index (χ4v) is 1.01. The van der Waals surface area contributed by atoms with Crippen LogP contribution in [0.2, 0.25) is 0 Å². The molecule has 0 radical (unpaired) electrons. The summed E-state index contributed by atoms with van der Waals surface area (Å²) in [6, 6.07) is 0.762. The van der Waals surface area contributed by atoms with Gasteiger partial charge in [-0.25, -0.2) is 4.98 Å². The fraction of sp³-hybridized carbons (Fsp3) is 0.375. The summed E-state index contributed by atoms with van der Waals surface area (Å²) in [6.45, 7) is 0. The lowest BCUT2D eigenvalue weighted by Crippen LogP contribution is -2.01. The summed E-state index contributed by atoms with van der Waals surface area (Å²) in [7, 11) is 0. The Bertz CT molecular complexity index is 379. The van der Waals surface area contributed by atoms with Gasteiger partial charge in [0.25, 0.3) is 0 Å². The molecule has 0 aromatic carbocycles. The Labute approximate surface area is 78.7 Å². The molecule has 1 fully saturated rings. The Balaban J connectivity index is 2.31. The van der Waals surface area contributed by atoms with Crippen LogP contribution in [0.3, 0.4) is 0 Å². The Morgan fingerprint density at radius 2 is 2.36 bits per heavy atom. The van der Waals surface area contributed by atoms with Gasteiger partial charge >= 0.3 is 5.69 Å². The first-order chi connectivity index (χ1) is 6.66. The number of aromatic nitrogens is 1. The van der Waals surface area contributed by atoms with Crippen molar-refractivity contribution in [2.45, 2.75) is 18.9 Å². The molecule has 2 rings (SSSR count). The molecule has 1 heterocycles. The van der Waals surface area contributed by atoms with Crippen molar-refractivity contribution >= 4 is 5.69 Å². The van der Waals surface area contributed by atoms with Crippen LogP contribution < -0.4 is 4.74 Å². The highest BCUT2D eigenvalue weighted by atomic mass is 19.1. The standard InChI is InChI=1S/C8H7FN2O3/c9-8-3-6(11(12)13)7(4-10-8)14-5-1-2-5/h3-5H,1-2H2. The van der Waals surface area contributed by atoms with Crippen LogP contribution in [0.15, 0.2) is 12.3 Å². The number of rotatable bonds is 3. The summed E-state index contributed by atoms with van der Waals surface area (Å²) in [5.41, 5.74) is -0.371. The van der Waals surface area contributed by atoms with Crippen LogP contribution in [0.4, 0.5) is 10.1 Å². The summed E-state index contributed by atoms with van der Waals surface area (Å²) in [6.07, 6.45) is 2.84. The van der Waals surface area contributed by atoms with Crippen LogP contribution in [0.25, 0.3) is 0 Å². The molecule has 1 aliphatic carbocycles. The molecular formula is C8H7FN2O3. The maximum absolute atomic E-state index is 12.6. The molecule has 0 bridgehead atoms. The third-order valence-corrected chi connectivity index (χ3v) is 1.83. The smallest absolute Gasteiger partial charge is 0.317 e. The molecule has 1 aromatic heterocycles. The third kappa shape index (κ3) is 1.78. The summed E-state index contributed by atoms with van der Waals surface area (Å²) < 4.78 is 17.8. The number of pyridine rings is 1. The SMILES string of the molecule is O=[N+]([O-])c1cc(F)ncc1OC1CC1. The Hall–Kier alpha value is -1.72. The van der Waals surface area contributed by atoms with Crippen LogP contribution in [0.5, 0.6) is 5.75 Å². The van der Waals surface area contributed by atoms with Crippen molar-refractivity contribution in [3.8, 4) is 5.75 Å². The minimum Gasteiger partial charge on any atom is -0.482 e. The van der Waals surface area contributed by atoms with E-state index in [2.05, 4.69) is 4.98 Å². The molecule has 1 aliphatic rings. The van der Waals surface area contributed by atoms with Crippen molar-refractivity contribution in [2.24, 2.45) is 0 Å². The van der Waals surface area contributed by atoms with Crippen LogP contribution in [-0.4, -0.2) is 16.0 Å². The zero-order valence-electron chi connectivity index (χ0n) is 7.14. The van der Waals surface area contributed by atoms with Crippen molar-refractivity contribution in [3.05, 3.63) is 28.3 Å². The zero-order valence-corrected chi connectivity index (χ0v) is 7.14. The highest BCUT2D eigenvalue weighted by molar-refractivity contribution is 5.43. The Morgan fingerprint density at radius 1 is 1.64 bits per heavy atom. The molecule has 0 spiro atoms. The van der Waals surface area contributed by atoms with Crippen molar-refractivity contribution in [1.82, 2.24) is 4.98 Å². The number of halogens is 1. The third-order valence-electron chi connectivity index (χ3n) is 1.83. The number of hydrogen-bond donors (Lipinski definition) is 0. The van der Waals surface area contributed by atoms with E-state index in [1.807, 2.05) is 0 Å². The van der Waals surface area contributed by atoms with E-state index in [1.54, 1.807) is 0 Å². The number of hydrogen-bond acceptors (Lipinski definition) is 4. The van der Waals surface area contributed by atoms with Crippen molar-refractivity contribution < 1.29 is 14.1 Å². The fourth-order valence-electron chi connectivity index (χ4n) is 1.01. The van der Waals surface area contributed by atoms with Gasteiger partial charge in [-0.3, -0.25) is 10.1 Å². The van der Waals surface area contributed by atoms with E-state index in [0.717, 1.165) is 25.1 Å². The predicted molar refractivity (Wildman–Crippen MR) is 44.5 cm³/mol. The molecule has 0 N–H and O–H groups in total. The zero-order chi connectivity index (χ0) is 10.1. The quantitative estimate of drug-likeness (QED) is 0.421. The maximum Gasteiger partial charge on any atom is 0.317 e. The van der Waals surface area contributed by atoms with E-state index >= 15 is 0 Å². The maximum atomic E-state index is 12.6. The van der Waals surface area contributed by atoms with Gasteiger partial charge < -0.3 is 4.74 Å². The van der Waals surface area contributed by atoms with Gasteiger partial charge in [-0.2, -0.15) is 4.39 Å². The van der Waals surface area contributed by atoms with E-state index < -0.39 is 10.9 Å². The van der Waals surface area contributed by atoms with Gasteiger partial charge in [0.1, 0.15) is 0 Å². The Kier molecular flexibility index (Phi) is 2.03. The van der Waals surface area contributed by atoms with Gasteiger partial charge in [0.15, 0.2) is 0 Å². The van der Waals surface area contributed by atoms with Gasteiger partial charge in [-0.1, -0.05) is 0 Å². The first-order valence-corrected chi connectivity index (χ1v) is 4.13. The molecule has 14 heavy (non-hydrogen) atoms. The molecule has 0 amide bonds. The van der Waals surface area contributed by atoms with Gasteiger partial charge in [-0.15, -0.1) is 0 Å². The normalized spacial score (nSPS) is 15.2. The van der Waals surface area contributed by atoms with Crippen molar-refractivity contribution in [3.63, 3.8) is 0 Å². The molecule has 1 aromatic rings. The van der Waals surface area contributed by atoms with E-state index in [-0.39, 0.29) is 17.5 Å². The number of nitrogens with zero attached hydrogens (tertiary/aromatic N) is 2. The van der Waals surface area contributed by atoms with Crippen LogP contribution in [0, 0.1) is 16.1 Å². The molecule has 0 unspecified atom stereocenters. The average molecular weight is 198 g/mol. The first kappa shape index (κ1) is 8.86. The van der Waals surface area contributed by atoms with Gasteiger partial charge in [0.05, 0.1) is 23.3 Å². The second-order valence-corrected chi connectivity index (χ2v) is 3.05. The van der Waals surface area contributed by atoms with E-state index in [1.165, 1.54) is 0 Å². The summed E-state index contributed by atoms with van der Waals surface area (Å²) in [5.74, 6) is -0.834. The minimum absolute atomic E-state index is 0.0287. The van der Waals surface area contributed by atoms with Gasteiger partial charge in [0, 0.05) is 0 Å². The van der Waals surface area contributed by atoms with Crippen molar-refractivity contribution in [2.75, 3.05) is 0 Å². The highest BCUT2D eigenvalue weighted by Crippen LogP contribution is 2.32. The van der Waals surface area contributed by atoms with Crippen LogP contribution >= 0.6 is 0 Å². The lowest BCUT2D eigenvalue weighted by molar-refractivity contribution is -0.386. The highest BCUT2D eigenvalue weighted by Gasteiger charge is 2.27. The lowest BCUT2D eigenvalue weighted by Gasteiger charge is -2.03. The summed E-state index contributed by atoms with van der Waals surface area (Å²) in [4.78, 5) is 13.1. The van der Waals surface area contributed by atoms with Gasteiger partial charge in [-0.05, 0) is 12.8 Å². The van der Waals surface area contributed by atoms with E-state index in [0.29, 0.717) is 0 Å². The number of ether oxygens (including phenoxy) is 1. The average Bonchev–Trinajstić information content (AvgIpc) is 2.91. The summed E-state index contributed by atoms with van der Waals surface area (Å²) in [5, 5.41) is 10.5. The summed E-state index contributed by atoms with van der Waals surface area (Å²) >= 11 is 0. The van der Waals surface area contributed by atoms with E-state index in [4.69, 9.17) is 4.74 Å². The second-order valence-electron chi connectivity index (χ2n) is 3.05. The van der Waals surface area contributed by atoms with Crippen LogP contribution in [0.1, 0.15) is 12.8 Å². The van der Waals surface area contributed by atoms with Gasteiger partial charge in [0.2, 0.25) is 11.7 Å². The lowest BCUT2D eigenvalue weighted by atomic mass is 10.4. The molecule has 6 heteroatoms. The van der Waals surface area contributed by atoms with Crippen LogP contribution in [-0.2, 0) is 0 Å². The largest absolute Gasteiger partial charge is 0.482 e. The number of nitro groups is 1. The molecular weight excluding hydrogens is 191 g/mol. The Morgan fingerprint density at radius 3 is 2.93 bits per heavy atom. The van der Waals surface area contributed by atoms with Crippen molar-refractivity contribution in [1.29, 1.82) is 0 Å². The first-order valence-electron chi connectivity index (χ1n) is 4.13. The monoisotopic (exact) mass is 198 g/mol. The molecule has 0 atom stereocenters. The predicted octanol–water partition coefficient (Wildman–Crippen LogP) is 1.67. The molecule has 74 valence electrons. The molecule has 0 saturated heterocycles.